The third-order valence-electron chi connectivity index (χ3n) is 6.85. The molecule has 32 heavy (non-hydrogen) atoms. The molecule has 0 radical (unpaired) electrons. The van der Waals surface area contributed by atoms with Crippen LogP contribution in [0.2, 0.25) is 0 Å². The zero-order valence-corrected chi connectivity index (χ0v) is 17.4. The van der Waals surface area contributed by atoms with Crippen molar-refractivity contribution in [1.82, 2.24) is 9.88 Å². The highest BCUT2D eigenvalue weighted by Gasteiger charge is 2.60. The fraction of sp³-hybridized carbons (Fsp3) is 0.409. The van der Waals surface area contributed by atoms with Crippen molar-refractivity contribution in [2.24, 2.45) is 5.41 Å². The number of amides is 1. The Morgan fingerprint density at radius 3 is 2.62 bits per heavy atom. The maximum atomic E-state index is 13.8. The largest absolute Gasteiger partial charge is 0.503 e. The Morgan fingerprint density at radius 1 is 1.22 bits per heavy atom. The molecule has 0 bridgehead atoms. The molecule has 7 nitrogen and oxygen atoms in total. The number of nitrogens with one attached hydrogen (secondary N) is 1. The number of aromatic nitrogens is 1. The number of hydrogen-bond donors (Lipinski definition) is 2. The number of halogens is 3. The van der Waals surface area contributed by atoms with Crippen LogP contribution in [0.1, 0.15) is 52.6 Å². The SMILES string of the molecule is COC12CCCC1(C)C(=O)c1c(O)c(=O)c(C(=O)NCc3ccc(F)c(F)c3F)cn1C2. The first-order valence-electron chi connectivity index (χ1n) is 10.0. The number of nitrogens with zero attached hydrogens (tertiary/aromatic N) is 1. The molecule has 2 aromatic rings. The van der Waals surface area contributed by atoms with E-state index in [-0.39, 0.29) is 17.8 Å². The monoisotopic (exact) mass is 450 g/mol. The molecule has 0 saturated heterocycles. The first-order chi connectivity index (χ1) is 15.1. The molecule has 2 aliphatic rings. The number of ether oxygens (including phenoxy) is 1. The molecule has 0 spiro atoms. The number of pyridine rings is 1. The Labute approximate surface area is 180 Å². The summed E-state index contributed by atoms with van der Waals surface area (Å²) in [6.07, 6.45) is 3.01. The van der Waals surface area contributed by atoms with Gasteiger partial charge in [-0.2, -0.15) is 0 Å². The average molecular weight is 450 g/mol. The highest BCUT2D eigenvalue weighted by Crippen LogP contribution is 2.54. The average Bonchev–Trinajstić information content (AvgIpc) is 3.11. The summed E-state index contributed by atoms with van der Waals surface area (Å²) in [6, 6.07) is 1.68. The summed E-state index contributed by atoms with van der Waals surface area (Å²) in [5.41, 5.74) is -3.81. The van der Waals surface area contributed by atoms with Crippen molar-refractivity contribution in [2.75, 3.05) is 7.11 Å². The van der Waals surface area contributed by atoms with E-state index in [2.05, 4.69) is 5.32 Å². The van der Waals surface area contributed by atoms with E-state index in [0.717, 1.165) is 18.7 Å². The number of rotatable bonds is 4. The predicted molar refractivity (Wildman–Crippen MR) is 106 cm³/mol. The van der Waals surface area contributed by atoms with Gasteiger partial charge in [0.15, 0.2) is 29.0 Å². The Kier molecular flexibility index (Phi) is 5.15. The van der Waals surface area contributed by atoms with Crippen LogP contribution in [0.15, 0.2) is 23.1 Å². The minimum absolute atomic E-state index is 0.146. The summed E-state index contributed by atoms with van der Waals surface area (Å²) >= 11 is 0. The normalized spacial score (nSPS) is 24.2. The lowest BCUT2D eigenvalue weighted by Gasteiger charge is -2.46. The second-order valence-electron chi connectivity index (χ2n) is 8.43. The maximum Gasteiger partial charge on any atom is 0.257 e. The van der Waals surface area contributed by atoms with Gasteiger partial charge in [-0.25, -0.2) is 13.2 Å². The van der Waals surface area contributed by atoms with Crippen LogP contribution in [-0.4, -0.2) is 34.1 Å². The van der Waals surface area contributed by atoms with Crippen LogP contribution >= 0.6 is 0 Å². The standard InChI is InChI=1S/C22H21F3N2O5/c1-21-6-3-7-22(21,32-2)10-27-9-12(17(28)18(29)16(27)19(21)30)20(31)26-8-11-4-5-13(23)15(25)14(11)24/h4-5,9,29H,3,6-8,10H2,1-2H3,(H,26,31). The summed E-state index contributed by atoms with van der Waals surface area (Å²) < 4.78 is 47.4. The third-order valence-corrected chi connectivity index (χ3v) is 6.85. The van der Waals surface area contributed by atoms with Gasteiger partial charge in [-0.1, -0.05) is 6.07 Å². The van der Waals surface area contributed by atoms with Gasteiger partial charge in [0.05, 0.1) is 17.6 Å². The summed E-state index contributed by atoms with van der Waals surface area (Å²) in [6.45, 7) is 1.37. The highest BCUT2D eigenvalue weighted by atomic mass is 19.2. The summed E-state index contributed by atoms with van der Waals surface area (Å²) in [4.78, 5) is 38.5. The number of fused-ring (bicyclic) bond motifs is 2. The first kappa shape index (κ1) is 22.1. The van der Waals surface area contributed by atoms with Crippen LogP contribution in [-0.2, 0) is 17.8 Å². The van der Waals surface area contributed by atoms with E-state index in [9.17, 15) is 32.7 Å². The number of methoxy groups -OCH3 is 1. The minimum atomic E-state index is -1.67. The van der Waals surface area contributed by atoms with E-state index < -0.39 is 63.4 Å². The van der Waals surface area contributed by atoms with Gasteiger partial charge in [-0.15, -0.1) is 0 Å². The van der Waals surface area contributed by atoms with Gasteiger partial charge in [-0.05, 0) is 32.3 Å². The van der Waals surface area contributed by atoms with Gasteiger partial charge in [0.25, 0.3) is 5.91 Å². The number of hydrogen-bond acceptors (Lipinski definition) is 5. The van der Waals surface area contributed by atoms with Gasteiger partial charge in [0.2, 0.25) is 5.43 Å². The molecule has 2 heterocycles. The minimum Gasteiger partial charge on any atom is -0.503 e. The second-order valence-corrected chi connectivity index (χ2v) is 8.43. The van der Waals surface area contributed by atoms with Crippen molar-refractivity contribution in [1.29, 1.82) is 0 Å². The number of carbonyl (C=O) groups excluding carboxylic acids is 2. The van der Waals surface area contributed by atoms with Crippen molar-refractivity contribution in [2.45, 2.75) is 44.9 Å². The molecule has 1 aliphatic heterocycles. The number of benzene rings is 1. The predicted octanol–water partition coefficient (Wildman–Crippen LogP) is 2.67. The van der Waals surface area contributed by atoms with E-state index in [1.807, 2.05) is 0 Å². The molecule has 2 atom stereocenters. The number of carbonyl (C=O) groups is 2. The molecule has 4 rings (SSSR count). The fourth-order valence-corrected chi connectivity index (χ4v) is 4.88. The van der Waals surface area contributed by atoms with Crippen LogP contribution in [0.25, 0.3) is 0 Å². The van der Waals surface area contributed by atoms with Crippen molar-refractivity contribution in [3.8, 4) is 5.75 Å². The third kappa shape index (κ3) is 2.96. The Bertz CT molecular complexity index is 1210. The van der Waals surface area contributed by atoms with Crippen LogP contribution in [0.5, 0.6) is 5.75 Å². The molecule has 10 heteroatoms. The van der Waals surface area contributed by atoms with Crippen LogP contribution in [0.3, 0.4) is 0 Å². The van der Waals surface area contributed by atoms with Gasteiger partial charge in [-0.3, -0.25) is 14.4 Å². The Balaban J connectivity index is 1.69. The summed E-state index contributed by atoms with van der Waals surface area (Å²) in [7, 11) is 1.49. The van der Waals surface area contributed by atoms with E-state index in [1.165, 1.54) is 11.7 Å². The number of Topliss-reactive ketones (excluding diaryl/α,β-unsaturated/α-hetero) is 1. The molecule has 2 unspecified atom stereocenters. The molecular formula is C22H21F3N2O5. The first-order valence-corrected chi connectivity index (χ1v) is 10.0. The molecular weight excluding hydrogens is 429 g/mol. The Morgan fingerprint density at radius 2 is 1.94 bits per heavy atom. The van der Waals surface area contributed by atoms with Gasteiger partial charge in [0, 0.05) is 25.4 Å². The van der Waals surface area contributed by atoms with E-state index >= 15 is 0 Å². The van der Waals surface area contributed by atoms with Gasteiger partial charge < -0.3 is 19.7 Å². The van der Waals surface area contributed by atoms with Crippen molar-refractivity contribution >= 4 is 11.7 Å². The lowest BCUT2D eigenvalue weighted by atomic mass is 9.69. The molecule has 1 saturated carbocycles. The van der Waals surface area contributed by atoms with Crippen LogP contribution in [0, 0.1) is 22.9 Å². The van der Waals surface area contributed by atoms with Crippen LogP contribution < -0.4 is 10.7 Å². The van der Waals surface area contributed by atoms with Crippen molar-refractivity contribution in [3.05, 3.63) is 62.8 Å². The molecule has 2 N–H and O–H groups in total. The zero-order chi connectivity index (χ0) is 23.4. The van der Waals surface area contributed by atoms with Crippen molar-refractivity contribution in [3.63, 3.8) is 0 Å². The van der Waals surface area contributed by atoms with Gasteiger partial charge in [0.1, 0.15) is 11.3 Å². The highest BCUT2D eigenvalue weighted by molar-refractivity contribution is 6.04. The fourth-order valence-electron chi connectivity index (χ4n) is 4.88. The Hall–Kier alpha value is -3.14. The lowest BCUT2D eigenvalue weighted by Crippen LogP contribution is -2.56. The molecule has 1 aliphatic carbocycles. The molecule has 1 amide bonds. The summed E-state index contributed by atoms with van der Waals surface area (Å²) in [5.74, 6) is -6.75. The van der Waals surface area contributed by atoms with E-state index in [4.69, 9.17) is 4.74 Å². The molecule has 170 valence electrons. The summed E-state index contributed by atoms with van der Waals surface area (Å²) in [5, 5.41) is 12.8. The van der Waals surface area contributed by atoms with Crippen LogP contribution in [0.4, 0.5) is 13.2 Å². The molecule has 1 aromatic heterocycles. The van der Waals surface area contributed by atoms with Crippen molar-refractivity contribution < 1.29 is 32.6 Å². The lowest BCUT2D eigenvalue weighted by molar-refractivity contribution is -0.0892. The number of aromatic hydroxyl groups is 1. The van der Waals surface area contributed by atoms with E-state index in [0.29, 0.717) is 18.9 Å². The zero-order valence-electron chi connectivity index (χ0n) is 17.4. The second kappa shape index (κ2) is 7.47. The smallest absolute Gasteiger partial charge is 0.257 e. The molecule has 1 aromatic carbocycles. The molecule has 1 fully saturated rings. The van der Waals surface area contributed by atoms with Gasteiger partial charge >= 0.3 is 0 Å². The van der Waals surface area contributed by atoms with E-state index in [1.54, 1.807) is 6.92 Å². The quantitative estimate of drug-likeness (QED) is 0.699. The topological polar surface area (TPSA) is 97.6 Å². The number of ketones is 1. The maximum absolute atomic E-state index is 13.8.